The van der Waals surface area contributed by atoms with E-state index in [9.17, 15) is 9.18 Å². The van der Waals surface area contributed by atoms with Crippen molar-refractivity contribution in [2.75, 3.05) is 11.4 Å². The zero-order valence-corrected chi connectivity index (χ0v) is 9.77. The van der Waals surface area contributed by atoms with Crippen molar-refractivity contribution in [3.05, 3.63) is 59.4 Å². The lowest BCUT2D eigenvalue weighted by atomic mass is 10.1. The molecule has 0 bridgehead atoms. The number of hydrogen-bond acceptors (Lipinski definition) is 2. The fourth-order valence-corrected chi connectivity index (χ4v) is 2.47. The fourth-order valence-electron chi connectivity index (χ4n) is 2.47. The third kappa shape index (κ3) is 1.59. The summed E-state index contributed by atoms with van der Waals surface area (Å²) >= 11 is 0. The molecule has 0 fully saturated rings. The summed E-state index contributed by atoms with van der Waals surface area (Å²) < 4.78 is 13.6. The minimum atomic E-state index is -0.466. The molecular formula is C15H12FNO. The van der Waals surface area contributed by atoms with Crippen LogP contribution in [0.15, 0.2) is 42.5 Å². The minimum absolute atomic E-state index is 0.134. The fraction of sp³-hybridized carbons (Fsp3) is 0.133. The summed E-state index contributed by atoms with van der Waals surface area (Å²) in [5, 5.41) is 0. The van der Waals surface area contributed by atoms with Crippen molar-refractivity contribution in [2.24, 2.45) is 0 Å². The van der Waals surface area contributed by atoms with Crippen LogP contribution in [0.4, 0.5) is 15.8 Å². The summed E-state index contributed by atoms with van der Waals surface area (Å²) in [6.45, 7) is 0.781. The molecule has 3 rings (SSSR count). The van der Waals surface area contributed by atoms with E-state index in [2.05, 4.69) is 6.07 Å². The molecule has 0 saturated carbocycles. The second-order valence-corrected chi connectivity index (χ2v) is 4.32. The van der Waals surface area contributed by atoms with Gasteiger partial charge in [-0.05, 0) is 30.2 Å². The number of halogens is 1. The number of anilines is 2. The molecular weight excluding hydrogens is 229 g/mol. The maximum absolute atomic E-state index is 13.6. The van der Waals surface area contributed by atoms with Crippen LogP contribution in [-0.4, -0.2) is 12.8 Å². The first-order valence-corrected chi connectivity index (χ1v) is 5.90. The summed E-state index contributed by atoms with van der Waals surface area (Å²) in [5.74, 6) is -0.466. The van der Waals surface area contributed by atoms with Crippen LogP contribution in [-0.2, 0) is 6.42 Å². The van der Waals surface area contributed by atoms with Crippen molar-refractivity contribution in [1.29, 1.82) is 0 Å². The number of fused-ring (bicyclic) bond motifs is 1. The molecule has 0 atom stereocenters. The predicted octanol–water partition coefficient (Wildman–Crippen LogP) is 3.33. The van der Waals surface area contributed by atoms with Crippen LogP contribution < -0.4 is 4.90 Å². The molecule has 3 heteroatoms. The van der Waals surface area contributed by atoms with Crippen molar-refractivity contribution < 1.29 is 9.18 Å². The molecule has 0 N–H and O–H groups in total. The van der Waals surface area contributed by atoms with E-state index in [-0.39, 0.29) is 5.56 Å². The first-order chi connectivity index (χ1) is 8.81. The van der Waals surface area contributed by atoms with Crippen LogP contribution in [0.1, 0.15) is 15.9 Å². The number of hydrogen-bond donors (Lipinski definition) is 0. The molecule has 0 radical (unpaired) electrons. The van der Waals surface area contributed by atoms with E-state index in [1.54, 1.807) is 12.1 Å². The van der Waals surface area contributed by atoms with Crippen molar-refractivity contribution in [3.63, 3.8) is 0 Å². The van der Waals surface area contributed by atoms with E-state index in [0.29, 0.717) is 12.0 Å². The van der Waals surface area contributed by atoms with Gasteiger partial charge in [-0.1, -0.05) is 24.3 Å². The standard InChI is InChI=1S/C15H12FNO/c16-13-5-3-7-15(12(13)10-18)17-9-8-11-4-1-2-6-14(11)17/h1-7,10H,8-9H2. The zero-order valence-electron chi connectivity index (χ0n) is 9.77. The average Bonchev–Trinajstić information content (AvgIpc) is 2.82. The quantitative estimate of drug-likeness (QED) is 0.752. The molecule has 18 heavy (non-hydrogen) atoms. The van der Waals surface area contributed by atoms with Gasteiger partial charge >= 0.3 is 0 Å². The second-order valence-electron chi connectivity index (χ2n) is 4.32. The summed E-state index contributed by atoms with van der Waals surface area (Å²) in [6, 6.07) is 12.8. The Morgan fingerprint density at radius 2 is 1.83 bits per heavy atom. The van der Waals surface area contributed by atoms with Gasteiger partial charge in [0.1, 0.15) is 5.82 Å². The van der Waals surface area contributed by atoms with Gasteiger partial charge in [0, 0.05) is 12.2 Å². The maximum atomic E-state index is 13.6. The lowest BCUT2D eigenvalue weighted by Gasteiger charge is -2.21. The van der Waals surface area contributed by atoms with Crippen LogP contribution in [0.3, 0.4) is 0 Å². The SMILES string of the molecule is O=Cc1c(F)cccc1N1CCc2ccccc21. The van der Waals surface area contributed by atoms with Gasteiger partial charge in [0.15, 0.2) is 6.29 Å². The highest BCUT2D eigenvalue weighted by atomic mass is 19.1. The molecule has 0 amide bonds. The molecule has 1 aliphatic heterocycles. The van der Waals surface area contributed by atoms with Crippen LogP contribution in [0, 0.1) is 5.82 Å². The minimum Gasteiger partial charge on any atom is -0.340 e. The Kier molecular flexibility index (Phi) is 2.59. The molecule has 2 nitrogen and oxygen atoms in total. The van der Waals surface area contributed by atoms with Crippen LogP contribution in [0.5, 0.6) is 0 Å². The molecule has 90 valence electrons. The van der Waals surface area contributed by atoms with Crippen LogP contribution in [0.25, 0.3) is 0 Å². The largest absolute Gasteiger partial charge is 0.340 e. The van der Waals surface area contributed by atoms with Crippen LogP contribution >= 0.6 is 0 Å². The maximum Gasteiger partial charge on any atom is 0.155 e. The van der Waals surface area contributed by atoms with Gasteiger partial charge in [-0.15, -0.1) is 0 Å². The number of carbonyl (C=O) groups is 1. The Morgan fingerprint density at radius 1 is 1.06 bits per heavy atom. The lowest BCUT2D eigenvalue weighted by Crippen LogP contribution is -2.15. The van der Waals surface area contributed by atoms with Gasteiger partial charge in [-0.2, -0.15) is 0 Å². The second kappa shape index (κ2) is 4.26. The molecule has 1 aliphatic rings. The predicted molar refractivity (Wildman–Crippen MR) is 68.9 cm³/mol. The van der Waals surface area contributed by atoms with Gasteiger partial charge in [-0.3, -0.25) is 4.79 Å². The van der Waals surface area contributed by atoms with Crippen molar-refractivity contribution >= 4 is 17.7 Å². The molecule has 2 aromatic carbocycles. The Labute approximate surface area is 105 Å². The van der Waals surface area contributed by atoms with E-state index in [1.807, 2.05) is 23.1 Å². The van der Waals surface area contributed by atoms with Crippen molar-refractivity contribution in [1.82, 2.24) is 0 Å². The van der Waals surface area contributed by atoms with Crippen molar-refractivity contribution in [3.8, 4) is 0 Å². The van der Waals surface area contributed by atoms with E-state index in [0.717, 1.165) is 18.7 Å². The van der Waals surface area contributed by atoms with Gasteiger partial charge in [-0.25, -0.2) is 4.39 Å². The number of carbonyl (C=O) groups excluding carboxylic acids is 1. The van der Waals surface area contributed by atoms with Gasteiger partial charge in [0.25, 0.3) is 0 Å². The van der Waals surface area contributed by atoms with E-state index >= 15 is 0 Å². The molecule has 0 saturated heterocycles. The lowest BCUT2D eigenvalue weighted by molar-refractivity contribution is 0.112. The highest BCUT2D eigenvalue weighted by molar-refractivity contribution is 5.88. The first kappa shape index (κ1) is 11.0. The smallest absolute Gasteiger partial charge is 0.155 e. The molecule has 0 aliphatic carbocycles. The molecule has 2 aromatic rings. The van der Waals surface area contributed by atoms with E-state index < -0.39 is 5.82 Å². The monoisotopic (exact) mass is 241 g/mol. The number of benzene rings is 2. The highest BCUT2D eigenvalue weighted by Gasteiger charge is 2.22. The first-order valence-electron chi connectivity index (χ1n) is 5.90. The van der Waals surface area contributed by atoms with E-state index in [4.69, 9.17) is 0 Å². The summed E-state index contributed by atoms with van der Waals surface area (Å²) in [7, 11) is 0. The summed E-state index contributed by atoms with van der Waals surface area (Å²) in [5.41, 5.74) is 3.08. The number of aldehydes is 1. The number of nitrogens with zero attached hydrogens (tertiary/aromatic N) is 1. The Morgan fingerprint density at radius 3 is 2.67 bits per heavy atom. The molecule has 0 unspecified atom stereocenters. The van der Waals surface area contributed by atoms with Gasteiger partial charge in [0.05, 0.1) is 11.3 Å². The number of rotatable bonds is 2. The number of para-hydroxylation sites is 1. The normalized spacial score (nSPS) is 13.5. The average molecular weight is 241 g/mol. The molecule has 1 heterocycles. The molecule has 0 spiro atoms. The van der Waals surface area contributed by atoms with E-state index in [1.165, 1.54) is 11.6 Å². The van der Waals surface area contributed by atoms with Crippen LogP contribution in [0.2, 0.25) is 0 Å². The summed E-state index contributed by atoms with van der Waals surface area (Å²) in [4.78, 5) is 13.1. The van der Waals surface area contributed by atoms with Crippen molar-refractivity contribution in [2.45, 2.75) is 6.42 Å². The zero-order chi connectivity index (χ0) is 12.5. The molecule has 0 aromatic heterocycles. The van der Waals surface area contributed by atoms with Gasteiger partial charge in [0.2, 0.25) is 0 Å². The summed E-state index contributed by atoms with van der Waals surface area (Å²) in [6.07, 6.45) is 1.51. The highest BCUT2D eigenvalue weighted by Crippen LogP contribution is 2.36. The third-order valence-electron chi connectivity index (χ3n) is 3.33. The Hall–Kier alpha value is -2.16. The third-order valence-corrected chi connectivity index (χ3v) is 3.33. The van der Waals surface area contributed by atoms with Gasteiger partial charge < -0.3 is 4.90 Å². The topological polar surface area (TPSA) is 20.3 Å². The Bertz CT molecular complexity index is 609. The Balaban J connectivity index is 2.13.